The molecule has 1 amide bonds. The molecule has 1 N–H and O–H groups in total. The summed E-state index contributed by atoms with van der Waals surface area (Å²) in [4.78, 5) is 12.6. The molecule has 0 saturated heterocycles. The molecule has 2 aromatic carbocycles. The number of benzene rings is 2. The molecule has 0 radical (unpaired) electrons. The van der Waals surface area contributed by atoms with E-state index in [0.29, 0.717) is 22.6 Å². The molecule has 2 aromatic heterocycles. The predicted octanol–water partition coefficient (Wildman–Crippen LogP) is 4.57. The minimum atomic E-state index is -0.447. The molecule has 32 heavy (non-hydrogen) atoms. The van der Waals surface area contributed by atoms with Gasteiger partial charge in [0, 0.05) is 11.8 Å². The second-order valence-corrected chi connectivity index (χ2v) is 8.51. The third-order valence-electron chi connectivity index (χ3n) is 4.69. The number of ether oxygens (including phenoxy) is 1. The Morgan fingerprint density at radius 3 is 2.59 bits per heavy atom. The van der Waals surface area contributed by atoms with E-state index in [1.165, 1.54) is 11.8 Å². The summed E-state index contributed by atoms with van der Waals surface area (Å²) in [7, 11) is 0. The first kappa shape index (κ1) is 21.6. The van der Waals surface area contributed by atoms with E-state index < -0.39 is 5.25 Å². The van der Waals surface area contributed by atoms with Crippen LogP contribution < -0.4 is 10.1 Å². The lowest BCUT2D eigenvalue weighted by Crippen LogP contribution is -2.22. The van der Waals surface area contributed by atoms with Crippen LogP contribution in [0.25, 0.3) is 5.69 Å². The number of aromatic nitrogens is 4. The Kier molecular flexibility index (Phi) is 6.55. The van der Waals surface area contributed by atoms with Crippen molar-refractivity contribution in [2.24, 2.45) is 0 Å². The van der Waals surface area contributed by atoms with E-state index in [0.717, 1.165) is 17.0 Å². The Labute approximate surface area is 190 Å². The van der Waals surface area contributed by atoms with E-state index in [4.69, 9.17) is 9.26 Å². The maximum Gasteiger partial charge on any atom is 0.240 e. The van der Waals surface area contributed by atoms with Crippen LogP contribution in [0.15, 0.2) is 70.3 Å². The van der Waals surface area contributed by atoms with Gasteiger partial charge in [-0.1, -0.05) is 53.3 Å². The van der Waals surface area contributed by atoms with Crippen LogP contribution in [0, 0.1) is 13.8 Å². The van der Waals surface area contributed by atoms with Crippen molar-refractivity contribution in [2.75, 3.05) is 5.32 Å². The van der Waals surface area contributed by atoms with Crippen LogP contribution in [0.1, 0.15) is 24.0 Å². The molecule has 0 aliphatic rings. The van der Waals surface area contributed by atoms with Gasteiger partial charge in [0.2, 0.25) is 11.8 Å². The molecule has 9 heteroatoms. The van der Waals surface area contributed by atoms with E-state index in [-0.39, 0.29) is 12.5 Å². The number of amides is 1. The van der Waals surface area contributed by atoms with Gasteiger partial charge in [0.05, 0.1) is 10.9 Å². The van der Waals surface area contributed by atoms with Crippen molar-refractivity contribution < 1.29 is 14.1 Å². The number of carbonyl (C=O) groups excluding carboxylic acids is 1. The topological polar surface area (TPSA) is 95.1 Å². The van der Waals surface area contributed by atoms with Crippen molar-refractivity contribution in [3.63, 3.8) is 0 Å². The molecule has 0 spiro atoms. The molecule has 1 unspecified atom stereocenters. The van der Waals surface area contributed by atoms with Gasteiger partial charge in [0.15, 0.2) is 11.0 Å². The van der Waals surface area contributed by atoms with Gasteiger partial charge in [0.1, 0.15) is 12.4 Å². The summed E-state index contributed by atoms with van der Waals surface area (Å²) >= 11 is 1.30. The van der Waals surface area contributed by atoms with E-state index in [9.17, 15) is 4.79 Å². The third-order valence-corrected chi connectivity index (χ3v) is 5.73. The largest absolute Gasteiger partial charge is 0.485 e. The van der Waals surface area contributed by atoms with Gasteiger partial charge in [-0.2, -0.15) is 0 Å². The summed E-state index contributed by atoms with van der Waals surface area (Å²) in [5.41, 5.74) is 2.63. The van der Waals surface area contributed by atoms with Gasteiger partial charge in [0.25, 0.3) is 0 Å². The van der Waals surface area contributed by atoms with Gasteiger partial charge >= 0.3 is 0 Å². The first-order valence-electron chi connectivity index (χ1n) is 10.1. The van der Waals surface area contributed by atoms with Gasteiger partial charge in [-0.15, -0.1) is 10.2 Å². The minimum Gasteiger partial charge on any atom is -0.485 e. The number of hydrogen-bond donors (Lipinski definition) is 1. The Bertz CT molecular complexity index is 1210. The van der Waals surface area contributed by atoms with Crippen LogP contribution in [-0.4, -0.2) is 31.1 Å². The monoisotopic (exact) mass is 449 g/mol. The fourth-order valence-electron chi connectivity index (χ4n) is 3.02. The van der Waals surface area contributed by atoms with E-state index in [2.05, 4.69) is 20.7 Å². The highest BCUT2D eigenvalue weighted by molar-refractivity contribution is 8.00. The first-order valence-corrected chi connectivity index (χ1v) is 11.0. The number of anilines is 1. The zero-order chi connectivity index (χ0) is 22.5. The van der Waals surface area contributed by atoms with Gasteiger partial charge < -0.3 is 9.26 Å². The molecular formula is C23H23N5O3S. The predicted molar refractivity (Wildman–Crippen MR) is 122 cm³/mol. The van der Waals surface area contributed by atoms with Crippen LogP contribution in [0.3, 0.4) is 0 Å². The molecule has 2 heterocycles. The van der Waals surface area contributed by atoms with E-state index in [1.54, 1.807) is 19.9 Å². The summed E-state index contributed by atoms with van der Waals surface area (Å²) in [6, 6.07) is 19.2. The van der Waals surface area contributed by atoms with Crippen molar-refractivity contribution in [2.45, 2.75) is 37.8 Å². The highest BCUT2D eigenvalue weighted by Crippen LogP contribution is 2.27. The Morgan fingerprint density at radius 2 is 1.88 bits per heavy atom. The molecule has 4 aromatic rings. The van der Waals surface area contributed by atoms with Crippen LogP contribution >= 0.6 is 11.8 Å². The Hall–Kier alpha value is -3.59. The van der Waals surface area contributed by atoms with E-state index >= 15 is 0 Å². The zero-order valence-electron chi connectivity index (χ0n) is 18.0. The number of rotatable bonds is 8. The van der Waals surface area contributed by atoms with Crippen molar-refractivity contribution >= 4 is 23.6 Å². The van der Waals surface area contributed by atoms with Crippen LogP contribution in [0.2, 0.25) is 0 Å². The Morgan fingerprint density at radius 1 is 1.12 bits per heavy atom. The number of para-hydroxylation sites is 2. The summed E-state index contributed by atoms with van der Waals surface area (Å²) in [6.45, 7) is 5.83. The fourth-order valence-corrected chi connectivity index (χ4v) is 3.91. The van der Waals surface area contributed by atoms with Gasteiger partial charge in [-0.05, 0) is 44.5 Å². The molecule has 4 rings (SSSR count). The lowest BCUT2D eigenvalue weighted by atomic mass is 10.2. The third kappa shape index (κ3) is 5.00. The van der Waals surface area contributed by atoms with Crippen molar-refractivity contribution in [3.05, 3.63) is 77.7 Å². The zero-order valence-corrected chi connectivity index (χ0v) is 18.8. The molecule has 0 fully saturated rings. The number of nitrogens with zero attached hydrogens (tertiary/aromatic N) is 4. The maximum absolute atomic E-state index is 12.6. The molecule has 0 saturated carbocycles. The second kappa shape index (κ2) is 9.69. The minimum absolute atomic E-state index is 0.216. The van der Waals surface area contributed by atoms with Crippen LogP contribution in [0.5, 0.6) is 5.75 Å². The number of nitrogens with one attached hydrogen (secondary N) is 1. The highest BCUT2D eigenvalue weighted by atomic mass is 32.2. The lowest BCUT2D eigenvalue weighted by Gasteiger charge is -2.14. The average molecular weight is 450 g/mol. The number of thioether (sulfide) groups is 1. The van der Waals surface area contributed by atoms with E-state index in [1.807, 2.05) is 66.1 Å². The molecule has 8 nitrogen and oxygen atoms in total. The lowest BCUT2D eigenvalue weighted by molar-refractivity contribution is -0.115. The summed E-state index contributed by atoms with van der Waals surface area (Å²) in [5, 5.41) is 15.3. The maximum atomic E-state index is 12.6. The van der Waals surface area contributed by atoms with Gasteiger partial charge in [-0.3, -0.25) is 14.7 Å². The summed E-state index contributed by atoms with van der Waals surface area (Å²) in [6.07, 6.45) is 0. The molecular weight excluding hydrogens is 426 g/mol. The van der Waals surface area contributed by atoms with Crippen LogP contribution in [0.4, 0.5) is 5.88 Å². The van der Waals surface area contributed by atoms with Crippen molar-refractivity contribution in [3.8, 4) is 11.4 Å². The van der Waals surface area contributed by atoms with Gasteiger partial charge in [-0.25, -0.2) is 0 Å². The smallest absolute Gasteiger partial charge is 0.240 e. The summed E-state index contributed by atoms with van der Waals surface area (Å²) < 4.78 is 13.0. The number of hydrogen-bond acceptors (Lipinski definition) is 7. The van der Waals surface area contributed by atoms with Crippen molar-refractivity contribution in [1.82, 2.24) is 19.9 Å². The number of aryl methyl sites for hydroxylation is 2. The fraction of sp³-hybridized carbons (Fsp3) is 0.217. The molecule has 0 bridgehead atoms. The number of carbonyl (C=O) groups is 1. The molecule has 164 valence electrons. The standard InChI is InChI=1S/C23H23N5O3S/c1-15-9-7-8-12-19(15)30-14-20-25-26-23(28(20)18-10-5-4-6-11-18)32-17(3)22(29)24-21-13-16(2)27-31-21/h4-13,17H,14H2,1-3H3,(H,24,29). The molecule has 0 aliphatic heterocycles. The molecule has 0 aliphatic carbocycles. The first-order chi connectivity index (χ1) is 15.5. The Balaban J connectivity index is 1.55. The highest BCUT2D eigenvalue weighted by Gasteiger charge is 2.22. The second-order valence-electron chi connectivity index (χ2n) is 7.21. The SMILES string of the molecule is Cc1cc(NC(=O)C(C)Sc2nnc(COc3ccccc3C)n2-c2ccccc2)on1. The molecule has 1 atom stereocenters. The average Bonchev–Trinajstić information content (AvgIpc) is 3.39. The summed E-state index contributed by atoms with van der Waals surface area (Å²) in [5.74, 6) is 1.53. The van der Waals surface area contributed by atoms with Crippen LogP contribution in [-0.2, 0) is 11.4 Å². The van der Waals surface area contributed by atoms with Crippen molar-refractivity contribution in [1.29, 1.82) is 0 Å². The quantitative estimate of drug-likeness (QED) is 0.394. The normalized spacial score (nSPS) is 11.8.